The smallest absolute Gasteiger partial charge is 0.389 e. The molecule has 1 aliphatic rings. The van der Waals surface area contributed by atoms with E-state index in [1.807, 2.05) is 0 Å². The van der Waals surface area contributed by atoms with E-state index in [-0.39, 0.29) is 17.3 Å². The number of rotatable bonds is 5. The van der Waals surface area contributed by atoms with Crippen molar-refractivity contribution in [2.75, 3.05) is 0 Å². The van der Waals surface area contributed by atoms with Crippen LogP contribution in [0.1, 0.15) is 62.2 Å². The Morgan fingerprint density at radius 1 is 1.50 bits per heavy atom. The maximum atomic E-state index is 12.6. The van der Waals surface area contributed by atoms with Gasteiger partial charge in [-0.3, -0.25) is 4.79 Å². The maximum Gasteiger partial charge on any atom is 0.434 e. The molecular formula is C14H19F3N2O2S. The highest BCUT2D eigenvalue weighted by atomic mass is 32.1. The van der Waals surface area contributed by atoms with E-state index in [2.05, 4.69) is 10.3 Å². The van der Waals surface area contributed by atoms with Gasteiger partial charge < -0.3 is 10.4 Å². The zero-order valence-electron chi connectivity index (χ0n) is 12.2. The van der Waals surface area contributed by atoms with Crippen LogP contribution in [0.4, 0.5) is 13.2 Å². The number of halogens is 3. The molecule has 1 aromatic rings. The predicted octanol–water partition coefficient (Wildman–Crippen LogP) is 3.42. The second kappa shape index (κ2) is 6.54. The van der Waals surface area contributed by atoms with Crippen molar-refractivity contribution < 1.29 is 23.1 Å². The monoisotopic (exact) mass is 336 g/mol. The van der Waals surface area contributed by atoms with Crippen molar-refractivity contribution in [2.45, 2.75) is 63.3 Å². The Labute approximate surface area is 130 Å². The van der Waals surface area contributed by atoms with E-state index in [4.69, 9.17) is 0 Å². The molecule has 1 atom stereocenters. The SMILES string of the molecule is CCC(NC(=O)CC1(O)CCCC1)c1nc(C(F)(F)F)cs1. The Kier molecular flexibility index (Phi) is 5.11. The van der Waals surface area contributed by atoms with Crippen LogP contribution in [0, 0.1) is 0 Å². The van der Waals surface area contributed by atoms with Crippen LogP contribution in [0.2, 0.25) is 0 Å². The number of hydrogen-bond donors (Lipinski definition) is 2. The lowest BCUT2D eigenvalue weighted by Gasteiger charge is -2.23. The zero-order chi connectivity index (χ0) is 16.4. The highest BCUT2D eigenvalue weighted by Gasteiger charge is 2.36. The van der Waals surface area contributed by atoms with Crippen molar-refractivity contribution in [1.82, 2.24) is 10.3 Å². The van der Waals surface area contributed by atoms with Gasteiger partial charge in [-0.05, 0) is 19.3 Å². The third-order valence-electron chi connectivity index (χ3n) is 3.88. The van der Waals surface area contributed by atoms with Gasteiger partial charge in [0.25, 0.3) is 0 Å². The first-order valence-electron chi connectivity index (χ1n) is 7.28. The Morgan fingerprint density at radius 2 is 2.14 bits per heavy atom. The summed E-state index contributed by atoms with van der Waals surface area (Å²) in [6.07, 6.45) is -1.09. The number of aliphatic hydroxyl groups is 1. The second-order valence-electron chi connectivity index (χ2n) is 5.71. The number of hydrogen-bond acceptors (Lipinski definition) is 4. The second-order valence-corrected chi connectivity index (χ2v) is 6.59. The third-order valence-corrected chi connectivity index (χ3v) is 4.84. The van der Waals surface area contributed by atoms with E-state index < -0.39 is 23.5 Å². The molecule has 0 spiro atoms. The summed E-state index contributed by atoms with van der Waals surface area (Å²) in [6.45, 7) is 1.77. The van der Waals surface area contributed by atoms with E-state index in [1.165, 1.54) is 0 Å². The Bertz CT molecular complexity index is 524. The number of aromatic nitrogens is 1. The lowest BCUT2D eigenvalue weighted by molar-refractivity contribution is -0.140. The predicted molar refractivity (Wildman–Crippen MR) is 76.3 cm³/mol. The fourth-order valence-electron chi connectivity index (χ4n) is 2.67. The fraction of sp³-hybridized carbons (Fsp3) is 0.714. The summed E-state index contributed by atoms with van der Waals surface area (Å²) in [5.41, 5.74) is -1.91. The van der Waals surface area contributed by atoms with Crippen molar-refractivity contribution >= 4 is 17.2 Å². The number of nitrogens with one attached hydrogen (secondary N) is 1. The van der Waals surface area contributed by atoms with Crippen LogP contribution in [0.25, 0.3) is 0 Å². The molecule has 0 bridgehead atoms. The summed E-state index contributed by atoms with van der Waals surface area (Å²) < 4.78 is 37.7. The van der Waals surface area contributed by atoms with Gasteiger partial charge in [-0.25, -0.2) is 4.98 Å². The largest absolute Gasteiger partial charge is 0.434 e. The summed E-state index contributed by atoms with van der Waals surface area (Å²) >= 11 is 0.885. The average molecular weight is 336 g/mol. The summed E-state index contributed by atoms with van der Waals surface area (Å²) in [5.74, 6) is -0.347. The Balaban J connectivity index is 1.99. The third kappa shape index (κ3) is 4.19. The lowest BCUT2D eigenvalue weighted by Crippen LogP contribution is -2.36. The molecule has 0 aliphatic heterocycles. The van der Waals surface area contributed by atoms with Crippen molar-refractivity contribution in [3.05, 3.63) is 16.1 Å². The van der Waals surface area contributed by atoms with Crippen molar-refractivity contribution in [1.29, 1.82) is 0 Å². The van der Waals surface area contributed by atoms with Gasteiger partial charge in [0.05, 0.1) is 18.1 Å². The first kappa shape index (κ1) is 17.2. The molecule has 1 fully saturated rings. The van der Waals surface area contributed by atoms with E-state index in [1.54, 1.807) is 6.92 Å². The van der Waals surface area contributed by atoms with Gasteiger partial charge in [-0.15, -0.1) is 11.3 Å². The summed E-state index contributed by atoms with van der Waals surface area (Å²) in [5, 5.41) is 14.1. The molecule has 1 amide bonds. The van der Waals surface area contributed by atoms with Crippen LogP contribution in [-0.2, 0) is 11.0 Å². The number of carbonyl (C=O) groups is 1. The molecule has 124 valence electrons. The van der Waals surface area contributed by atoms with Gasteiger partial charge in [0.2, 0.25) is 5.91 Å². The Morgan fingerprint density at radius 3 is 2.64 bits per heavy atom. The fourth-order valence-corrected chi connectivity index (χ4v) is 3.63. The molecular weight excluding hydrogens is 317 g/mol. The number of nitrogens with zero attached hydrogens (tertiary/aromatic N) is 1. The van der Waals surface area contributed by atoms with Gasteiger partial charge in [0.15, 0.2) is 5.69 Å². The molecule has 2 rings (SSSR count). The van der Waals surface area contributed by atoms with Gasteiger partial charge in [0, 0.05) is 5.38 Å². The maximum absolute atomic E-state index is 12.6. The molecule has 22 heavy (non-hydrogen) atoms. The molecule has 4 nitrogen and oxygen atoms in total. The first-order chi connectivity index (χ1) is 10.2. The Hall–Kier alpha value is -1.15. The number of alkyl halides is 3. The zero-order valence-corrected chi connectivity index (χ0v) is 13.1. The van der Waals surface area contributed by atoms with Crippen molar-refractivity contribution in [3.8, 4) is 0 Å². The van der Waals surface area contributed by atoms with Gasteiger partial charge in [-0.2, -0.15) is 13.2 Å². The molecule has 1 saturated carbocycles. The van der Waals surface area contributed by atoms with Crippen LogP contribution < -0.4 is 5.32 Å². The molecule has 1 unspecified atom stereocenters. The number of thiazole rings is 1. The van der Waals surface area contributed by atoms with E-state index >= 15 is 0 Å². The minimum Gasteiger partial charge on any atom is -0.389 e. The van der Waals surface area contributed by atoms with Crippen LogP contribution >= 0.6 is 11.3 Å². The summed E-state index contributed by atoms with van der Waals surface area (Å²) in [4.78, 5) is 15.6. The van der Waals surface area contributed by atoms with Crippen molar-refractivity contribution in [2.24, 2.45) is 0 Å². The molecule has 1 aromatic heterocycles. The highest BCUT2D eigenvalue weighted by molar-refractivity contribution is 7.09. The highest BCUT2D eigenvalue weighted by Crippen LogP contribution is 2.34. The molecule has 2 N–H and O–H groups in total. The van der Waals surface area contributed by atoms with Gasteiger partial charge in [0.1, 0.15) is 5.01 Å². The first-order valence-corrected chi connectivity index (χ1v) is 8.16. The summed E-state index contributed by atoms with van der Waals surface area (Å²) in [6, 6.07) is -0.557. The standard InChI is InChI=1S/C14H19F3N2O2S/c1-2-9(12-19-10(8-22-12)14(15,16)17)18-11(20)7-13(21)5-3-4-6-13/h8-9,21H,2-7H2,1H3,(H,18,20). The van der Waals surface area contributed by atoms with Crippen LogP contribution in [0.15, 0.2) is 5.38 Å². The molecule has 1 aliphatic carbocycles. The minimum atomic E-state index is -4.48. The number of amides is 1. The van der Waals surface area contributed by atoms with Crippen LogP contribution in [0.5, 0.6) is 0 Å². The molecule has 8 heteroatoms. The molecule has 1 heterocycles. The molecule has 0 saturated heterocycles. The minimum absolute atomic E-state index is 0.0129. The van der Waals surface area contributed by atoms with Crippen LogP contribution in [-0.4, -0.2) is 21.6 Å². The summed E-state index contributed by atoms with van der Waals surface area (Å²) in [7, 11) is 0. The lowest BCUT2D eigenvalue weighted by atomic mass is 9.97. The van der Waals surface area contributed by atoms with Gasteiger partial charge in [-0.1, -0.05) is 19.8 Å². The van der Waals surface area contributed by atoms with E-state index in [9.17, 15) is 23.1 Å². The quantitative estimate of drug-likeness (QED) is 0.866. The van der Waals surface area contributed by atoms with Crippen molar-refractivity contribution in [3.63, 3.8) is 0 Å². The topological polar surface area (TPSA) is 62.2 Å². The van der Waals surface area contributed by atoms with Crippen LogP contribution in [0.3, 0.4) is 0 Å². The van der Waals surface area contributed by atoms with E-state index in [0.717, 1.165) is 29.6 Å². The normalized spacial score (nSPS) is 19.1. The van der Waals surface area contributed by atoms with Gasteiger partial charge >= 0.3 is 6.18 Å². The molecule has 0 aromatic carbocycles. The molecule has 0 radical (unpaired) electrons. The number of carbonyl (C=O) groups excluding carboxylic acids is 1. The van der Waals surface area contributed by atoms with E-state index in [0.29, 0.717) is 19.3 Å². The average Bonchev–Trinajstić information content (AvgIpc) is 3.04.